The van der Waals surface area contributed by atoms with Gasteiger partial charge >= 0.3 is 13.5 Å². The van der Waals surface area contributed by atoms with E-state index in [9.17, 15) is 14.2 Å². The van der Waals surface area contributed by atoms with Crippen molar-refractivity contribution in [1.29, 1.82) is 0 Å². The molecule has 0 saturated carbocycles. The number of ether oxygens (including phenoxy) is 1. The van der Waals surface area contributed by atoms with Crippen molar-refractivity contribution in [3.05, 3.63) is 62.9 Å². The molecule has 4 rings (SSSR count). The van der Waals surface area contributed by atoms with Crippen molar-refractivity contribution in [3.63, 3.8) is 0 Å². The Hall–Kier alpha value is -1.44. The van der Waals surface area contributed by atoms with Crippen molar-refractivity contribution >= 4 is 29.4 Å². The predicted molar refractivity (Wildman–Crippen MR) is 145 cm³/mol. The molecule has 3 heterocycles. The average molecular weight is 590 g/mol. The zero-order valence-electron chi connectivity index (χ0n) is 21.9. The molecule has 0 aliphatic carbocycles. The lowest BCUT2D eigenvalue weighted by Crippen LogP contribution is -2.46. The fraction of sp³-hybridized carbons (Fsp3) is 0.583. The van der Waals surface area contributed by atoms with Gasteiger partial charge in [-0.05, 0) is 52.9 Å². The number of fused-ring (bicyclic) bond motifs is 1. The SMILES string of the molecule is CN(C)CC(C)(C)SSc1ccccc1CCOP1(=O)OC[C@H]2O[C@@H](n3ccc(=O)[nH]c3=O)[C@](C)(F)[C@@H]2O1. The first-order valence-electron chi connectivity index (χ1n) is 12.1. The van der Waals surface area contributed by atoms with Gasteiger partial charge in [0, 0.05) is 28.5 Å². The highest BCUT2D eigenvalue weighted by atomic mass is 33.1. The topological polar surface area (TPSA) is 112 Å². The molecule has 2 saturated heterocycles. The van der Waals surface area contributed by atoms with Crippen LogP contribution in [0, 0.1) is 0 Å². The van der Waals surface area contributed by atoms with Crippen molar-refractivity contribution in [2.24, 2.45) is 0 Å². The molecule has 210 valence electrons. The Balaban J connectivity index is 1.38. The fourth-order valence-electron chi connectivity index (χ4n) is 4.53. The van der Waals surface area contributed by atoms with Gasteiger partial charge in [0.1, 0.15) is 12.2 Å². The number of benzene rings is 1. The number of aromatic nitrogens is 2. The first kappa shape index (κ1) is 29.5. The fourth-order valence-corrected chi connectivity index (χ4v) is 8.62. The molecule has 5 atom stereocenters. The number of aromatic amines is 1. The number of rotatable bonds is 10. The van der Waals surface area contributed by atoms with Crippen LogP contribution in [0.1, 0.15) is 32.6 Å². The highest BCUT2D eigenvalue weighted by Crippen LogP contribution is 2.59. The van der Waals surface area contributed by atoms with E-state index < -0.39 is 43.2 Å². The van der Waals surface area contributed by atoms with Crippen LogP contribution in [0.25, 0.3) is 0 Å². The number of hydrogen-bond acceptors (Lipinski definition) is 10. The van der Waals surface area contributed by atoms with Crippen LogP contribution >= 0.6 is 29.4 Å². The minimum Gasteiger partial charge on any atom is -0.346 e. The van der Waals surface area contributed by atoms with Gasteiger partial charge in [0.15, 0.2) is 11.9 Å². The maximum Gasteiger partial charge on any atom is 0.475 e. The molecule has 14 heteroatoms. The molecule has 38 heavy (non-hydrogen) atoms. The highest BCUT2D eigenvalue weighted by Gasteiger charge is 2.61. The largest absolute Gasteiger partial charge is 0.475 e. The van der Waals surface area contributed by atoms with E-state index in [0.717, 1.165) is 33.8 Å². The second kappa shape index (κ2) is 11.6. The molecule has 0 radical (unpaired) electrons. The van der Waals surface area contributed by atoms with Gasteiger partial charge in [-0.25, -0.2) is 13.8 Å². The number of nitrogens with one attached hydrogen (secondary N) is 1. The molecule has 2 aliphatic rings. The molecule has 2 aromatic rings. The molecule has 1 unspecified atom stereocenters. The highest BCUT2D eigenvalue weighted by molar-refractivity contribution is 8.77. The summed E-state index contributed by atoms with van der Waals surface area (Å²) >= 11 is 0. The van der Waals surface area contributed by atoms with Gasteiger partial charge in [0.05, 0.1) is 13.2 Å². The molecule has 10 nitrogen and oxygen atoms in total. The van der Waals surface area contributed by atoms with Crippen molar-refractivity contribution in [3.8, 4) is 0 Å². The van der Waals surface area contributed by atoms with Crippen LogP contribution in [0.2, 0.25) is 0 Å². The Morgan fingerprint density at radius 1 is 1.29 bits per heavy atom. The Morgan fingerprint density at radius 2 is 2.03 bits per heavy atom. The van der Waals surface area contributed by atoms with Crippen molar-refractivity contribution < 1.29 is 27.3 Å². The van der Waals surface area contributed by atoms with Gasteiger partial charge in [-0.2, -0.15) is 0 Å². The Kier molecular flexibility index (Phi) is 9.00. The summed E-state index contributed by atoms with van der Waals surface area (Å²) in [7, 11) is 3.46. The lowest BCUT2D eigenvalue weighted by atomic mass is 9.98. The lowest BCUT2D eigenvalue weighted by Gasteiger charge is -2.33. The third-order valence-electron chi connectivity index (χ3n) is 6.07. The first-order chi connectivity index (χ1) is 17.8. The molecule has 1 aromatic carbocycles. The lowest BCUT2D eigenvalue weighted by molar-refractivity contribution is -0.0724. The molecular weight excluding hydrogens is 556 g/mol. The first-order valence-corrected chi connectivity index (χ1v) is 15.7. The van der Waals surface area contributed by atoms with E-state index in [4.69, 9.17) is 18.3 Å². The molecule has 0 amide bonds. The van der Waals surface area contributed by atoms with E-state index in [2.05, 4.69) is 23.7 Å². The van der Waals surface area contributed by atoms with Gasteiger partial charge < -0.3 is 9.64 Å². The maximum absolute atomic E-state index is 15.9. The number of halogens is 1. The molecule has 0 spiro atoms. The van der Waals surface area contributed by atoms with Gasteiger partial charge in [0.2, 0.25) is 0 Å². The summed E-state index contributed by atoms with van der Waals surface area (Å²) in [5.41, 5.74) is -2.68. The molecule has 1 N–H and O–H groups in total. The van der Waals surface area contributed by atoms with Crippen LogP contribution in [0.5, 0.6) is 0 Å². The minimum absolute atomic E-state index is 0.0309. The minimum atomic E-state index is -4.09. The Bertz CT molecular complexity index is 1300. The van der Waals surface area contributed by atoms with E-state index in [1.54, 1.807) is 21.6 Å². The standard InChI is InChI=1S/C24H33FN3O7PS2/c1-23(2,15-27(4)5)38-37-18-9-7-6-8-16(18)11-13-32-36(31)33-14-17-20(35-36)24(3,25)21(34-17)28-12-10-19(29)26-22(28)30/h6-10,12,17,20-21H,11,13-15H2,1-5H3,(H,26,29,30)/t17-,20-,21-,24-,36?/m1/s1. The summed E-state index contributed by atoms with van der Waals surface area (Å²) in [5, 5.41) is 0. The molecule has 0 bridgehead atoms. The number of phosphoric acid groups is 1. The van der Waals surface area contributed by atoms with Gasteiger partial charge in [-0.15, -0.1) is 0 Å². The third kappa shape index (κ3) is 6.82. The monoisotopic (exact) mass is 589 g/mol. The predicted octanol–water partition coefficient (Wildman–Crippen LogP) is 4.03. The van der Waals surface area contributed by atoms with Crippen molar-refractivity contribution in [1.82, 2.24) is 14.5 Å². The number of phosphoric ester groups is 1. The second-order valence-corrected chi connectivity index (χ2v) is 14.8. The Morgan fingerprint density at radius 3 is 2.74 bits per heavy atom. The van der Waals surface area contributed by atoms with E-state index in [1.807, 2.05) is 38.4 Å². The third-order valence-corrected chi connectivity index (χ3v) is 10.9. The van der Waals surface area contributed by atoms with E-state index >= 15 is 4.39 Å². The van der Waals surface area contributed by atoms with E-state index in [1.165, 1.54) is 6.92 Å². The normalized spacial score (nSPS) is 29.5. The van der Waals surface area contributed by atoms with Crippen LogP contribution in [0.15, 0.2) is 51.0 Å². The molecule has 2 fully saturated rings. The summed E-state index contributed by atoms with van der Waals surface area (Å²) in [6.45, 7) is 6.29. The van der Waals surface area contributed by atoms with Crippen molar-refractivity contribution in [2.75, 3.05) is 33.9 Å². The van der Waals surface area contributed by atoms with Crippen LogP contribution < -0.4 is 11.2 Å². The van der Waals surface area contributed by atoms with E-state index in [-0.39, 0.29) is 18.0 Å². The number of hydrogen-bond donors (Lipinski definition) is 1. The van der Waals surface area contributed by atoms with Crippen LogP contribution in [-0.2, 0) is 29.3 Å². The van der Waals surface area contributed by atoms with Gasteiger partial charge in [-0.3, -0.25) is 27.9 Å². The number of alkyl halides is 1. The smallest absolute Gasteiger partial charge is 0.346 e. The average Bonchev–Trinajstić information content (AvgIpc) is 3.07. The summed E-state index contributed by atoms with van der Waals surface area (Å²) < 4.78 is 52.2. The quantitative estimate of drug-likeness (QED) is 0.322. The summed E-state index contributed by atoms with van der Waals surface area (Å²) in [6.07, 6.45) is -2.03. The molecule has 2 aliphatic heterocycles. The van der Waals surface area contributed by atoms with E-state index in [0.29, 0.717) is 6.42 Å². The van der Waals surface area contributed by atoms with Crippen molar-refractivity contribution in [2.45, 2.75) is 60.9 Å². The summed E-state index contributed by atoms with van der Waals surface area (Å²) in [5.74, 6) is 0. The van der Waals surface area contributed by atoms with Gasteiger partial charge in [0.25, 0.3) is 5.56 Å². The molecular formula is C24H33FN3O7PS2. The zero-order chi connectivity index (χ0) is 27.7. The Labute approximate surface area is 228 Å². The zero-order valence-corrected chi connectivity index (χ0v) is 24.4. The van der Waals surface area contributed by atoms with Gasteiger partial charge in [-0.1, -0.05) is 39.8 Å². The second-order valence-electron chi connectivity index (χ2n) is 10.3. The summed E-state index contributed by atoms with van der Waals surface area (Å²) in [4.78, 5) is 28.9. The number of H-pyrrole nitrogens is 1. The molecule has 1 aromatic heterocycles. The van der Waals surface area contributed by atoms with Crippen LogP contribution in [0.4, 0.5) is 4.39 Å². The summed E-state index contributed by atoms with van der Waals surface area (Å²) in [6, 6.07) is 9.00. The van der Waals surface area contributed by atoms with Crippen LogP contribution in [-0.4, -0.2) is 70.9 Å². The van der Waals surface area contributed by atoms with Crippen LogP contribution in [0.3, 0.4) is 0 Å². The maximum atomic E-state index is 15.9. The number of nitrogens with zero attached hydrogens (tertiary/aromatic N) is 2.